The van der Waals surface area contributed by atoms with Gasteiger partial charge in [0.1, 0.15) is 9.96 Å². The first kappa shape index (κ1) is 9.37. The van der Waals surface area contributed by atoms with Gasteiger partial charge < -0.3 is 10.5 Å². The van der Waals surface area contributed by atoms with Crippen LogP contribution in [0.15, 0.2) is 4.21 Å². The summed E-state index contributed by atoms with van der Waals surface area (Å²) >= 11 is 3.62. The molecule has 0 unspecified atom stereocenters. The van der Waals surface area contributed by atoms with Crippen LogP contribution in [0.4, 0.5) is 0 Å². The van der Waals surface area contributed by atoms with Crippen molar-refractivity contribution in [2.75, 3.05) is 19.4 Å². The second-order valence-electron chi connectivity index (χ2n) is 2.96. The van der Waals surface area contributed by atoms with Crippen LogP contribution in [0.2, 0.25) is 0 Å². The maximum atomic E-state index is 5.60. The first-order valence-corrected chi connectivity index (χ1v) is 6.42. The minimum atomic E-state index is 0.737. The molecular weight excluding hydrogens is 202 g/mol. The molecule has 2 nitrogen and oxygen atoms in total. The van der Waals surface area contributed by atoms with Crippen molar-refractivity contribution in [1.82, 2.24) is 0 Å². The number of hydrogen-bond donors (Lipinski definition) is 1. The molecule has 0 saturated carbocycles. The molecule has 2 rings (SSSR count). The molecule has 0 bridgehead atoms. The van der Waals surface area contributed by atoms with Crippen molar-refractivity contribution >= 4 is 23.1 Å². The highest BCUT2D eigenvalue weighted by Gasteiger charge is 2.22. The summed E-state index contributed by atoms with van der Waals surface area (Å²) in [6.45, 7) is 1.59. The Hall–Kier alpha value is -0.190. The third-order valence-electron chi connectivity index (χ3n) is 2.17. The van der Waals surface area contributed by atoms with Gasteiger partial charge in [0.25, 0.3) is 0 Å². The molecule has 2 heterocycles. The van der Waals surface area contributed by atoms with Gasteiger partial charge in [-0.2, -0.15) is 0 Å². The lowest BCUT2D eigenvalue weighted by Crippen LogP contribution is -2.02. The van der Waals surface area contributed by atoms with Gasteiger partial charge in [-0.15, -0.1) is 23.1 Å². The van der Waals surface area contributed by atoms with Crippen LogP contribution in [0.1, 0.15) is 10.4 Å². The maximum Gasteiger partial charge on any atom is 0.147 e. The molecule has 1 aromatic rings. The van der Waals surface area contributed by atoms with Crippen LogP contribution < -0.4 is 10.5 Å². The van der Waals surface area contributed by atoms with Gasteiger partial charge >= 0.3 is 0 Å². The number of nitrogens with two attached hydrogens (primary N) is 1. The molecule has 0 amide bonds. The quantitative estimate of drug-likeness (QED) is 0.782. The molecule has 0 saturated heterocycles. The lowest BCUT2D eigenvalue weighted by molar-refractivity contribution is 0.351. The highest BCUT2D eigenvalue weighted by Crippen LogP contribution is 2.44. The Kier molecular flexibility index (Phi) is 2.81. The third kappa shape index (κ3) is 1.58. The molecule has 1 aliphatic rings. The average Bonchev–Trinajstić information content (AvgIpc) is 2.68. The van der Waals surface area contributed by atoms with E-state index in [9.17, 15) is 0 Å². The van der Waals surface area contributed by atoms with Crippen molar-refractivity contribution in [3.05, 3.63) is 10.4 Å². The van der Waals surface area contributed by atoms with Crippen LogP contribution in [0.5, 0.6) is 5.75 Å². The van der Waals surface area contributed by atoms with Crippen molar-refractivity contribution in [3.8, 4) is 5.75 Å². The second-order valence-corrected chi connectivity index (χ2v) is 5.14. The highest BCUT2D eigenvalue weighted by molar-refractivity contribution is 8.00. The Morgan fingerprint density at radius 3 is 3.15 bits per heavy atom. The molecule has 2 N–H and O–H groups in total. The predicted molar refractivity (Wildman–Crippen MR) is 58.1 cm³/mol. The van der Waals surface area contributed by atoms with Crippen molar-refractivity contribution in [1.29, 1.82) is 0 Å². The summed E-state index contributed by atoms with van der Waals surface area (Å²) in [6.07, 6.45) is 4.17. The van der Waals surface area contributed by atoms with E-state index in [4.69, 9.17) is 10.5 Å². The van der Waals surface area contributed by atoms with E-state index < -0.39 is 0 Å². The zero-order valence-electron chi connectivity index (χ0n) is 7.63. The van der Waals surface area contributed by atoms with Crippen LogP contribution in [0, 0.1) is 0 Å². The lowest BCUT2D eigenvalue weighted by Gasteiger charge is -1.95. The van der Waals surface area contributed by atoms with E-state index in [0.717, 1.165) is 31.7 Å². The summed E-state index contributed by atoms with van der Waals surface area (Å²) in [6, 6.07) is 0. The van der Waals surface area contributed by atoms with Crippen LogP contribution in [0.25, 0.3) is 0 Å². The summed E-state index contributed by atoms with van der Waals surface area (Å²) in [4.78, 5) is 1.43. The molecule has 0 spiro atoms. The smallest absolute Gasteiger partial charge is 0.147 e. The van der Waals surface area contributed by atoms with E-state index in [1.165, 1.54) is 14.6 Å². The minimum Gasteiger partial charge on any atom is -0.491 e. The molecule has 4 heteroatoms. The van der Waals surface area contributed by atoms with Crippen molar-refractivity contribution < 1.29 is 4.74 Å². The van der Waals surface area contributed by atoms with E-state index >= 15 is 0 Å². The summed E-state index contributed by atoms with van der Waals surface area (Å²) in [5.74, 6) is 1.14. The zero-order valence-corrected chi connectivity index (χ0v) is 9.26. The maximum absolute atomic E-state index is 5.60. The van der Waals surface area contributed by atoms with Gasteiger partial charge in [-0.3, -0.25) is 0 Å². The van der Waals surface area contributed by atoms with E-state index in [2.05, 4.69) is 6.26 Å². The highest BCUT2D eigenvalue weighted by atomic mass is 32.2. The van der Waals surface area contributed by atoms with Gasteiger partial charge in [0.2, 0.25) is 0 Å². The fourth-order valence-electron chi connectivity index (χ4n) is 1.59. The van der Waals surface area contributed by atoms with Gasteiger partial charge in [0.15, 0.2) is 0 Å². The Morgan fingerprint density at radius 2 is 2.46 bits per heavy atom. The van der Waals surface area contributed by atoms with Crippen molar-refractivity contribution in [2.45, 2.75) is 17.1 Å². The van der Waals surface area contributed by atoms with Crippen LogP contribution in [0.3, 0.4) is 0 Å². The van der Waals surface area contributed by atoms with E-state index in [-0.39, 0.29) is 0 Å². The van der Waals surface area contributed by atoms with Crippen LogP contribution >= 0.6 is 23.1 Å². The Labute approximate surface area is 86.5 Å². The Morgan fingerprint density at radius 1 is 1.62 bits per heavy atom. The first-order chi connectivity index (χ1) is 6.36. The number of ether oxygens (including phenoxy) is 1. The fourth-order valence-corrected chi connectivity index (χ4v) is 3.63. The topological polar surface area (TPSA) is 35.2 Å². The fraction of sp³-hybridized carbons (Fsp3) is 0.556. The van der Waals surface area contributed by atoms with Crippen LogP contribution in [-0.4, -0.2) is 19.4 Å². The molecule has 1 aliphatic heterocycles. The molecule has 0 atom stereocenters. The van der Waals surface area contributed by atoms with Gasteiger partial charge in [-0.25, -0.2) is 0 Å². The van der Waals surface area contributed by atoms with Crippen LogP contribution in [-0.2, 0) is 12.8 Å². The Bertz CT molecular complexity index is 309. The van der Waals surface area contributed by atoms with E-state index in [0.29, 0.717) is 0 Å². The Balaban J connectivity index is 2.36. The normalized spacial score (nSPS) is 14.3. The molecule has 0 fully saturated rings. The second kappa shape index (κ2) is 3.90. The van der Waals surface area contributed by atoms with E-state index in [1.54, 1.807) is 11.8 Å². The molecule has 0 radical (unpaired) electrons. The van der Waals surface area contributed by atoms with Crippen molar-refractivity contribution in [2.24, 2.45) is 5.73 Å². The molecule has 13 heavy (non-hydrogen) atoms. The van der Waals surface area contributed by atoms with Gasteiger partial charge in [0, 0.05) is 16.9 Å². The summed E-state index contributed by atoms with van der Waals surface area (Å²) in [5.41, 5.74) is 6.98. The number of thiophene rings is 1. The van der Waals surface area contributed by atoms with Gasteiger partial charge in [-0.1, -0.05) is 0 Å². The molecule has 72 valence electrons. The largest absolute Gasteiger partial charge is 0.491 e. The molecular formula is C9H13NOS2. The number of thioether (sulfide) groups is 1. The van der Waals surface area contributed by atoms with E-state index in [1.807, 2.05) is 11.3 Å². The summed E-state index contributed by atoms with van der Waals surface area (Å²) in [7, 11) is 0. The predicted octanol–water partition coefficient (Wildman–Crippen LogP) is 1.91. The summed E-state index contributed by atoms with van der Waals surface area (Å²) in [5, 5.41) is 0. The first-order valence-electron chi connectivity index (χ1n) is 4.38. The standard InChI is InChI=1S/C9H13NOS2/c1-12-9-8-6(3-5-11-8)7(13-9)2-4-10/h2-5,10H2,1H3. The monoisotopic (exact) mass is 215 g/mol. The van der Waals surface area contributed by atoms with Gasteiger partial charge in [-0.05, 0) is 19.2 Å². The number of rotatable bonds is 3. The number of hydrogen-bond acceptors (Lipinski definition) is 4. The summed E-state index contributed by atoms with van der Waals surface area (Å²) < 4.78 is 6.91. The molecule has 1 aromatic heterocycles. The SMILES string of the molecule is CSc1sc(CCN)c2c1OCC2. The molecule has 0 aromatic carbocycles. The minimum absolute atomic E-state index is 0.737. The lowest BCUT2D eigenvalue weighted by atomic mass is 10.2. The third-order valence-corrected chi connectivity index (χ3v) is 4.54. The number of fused-ring (bicyclic) bond motifs is 1. The average molecular weight is 215 g/mol. The van der Waals surface area contributed by atoms with Crippen molar-refractivity contribution in [3.63, 3.8) is 0 Å². The zero-order chi connectivity index (χ0) is 9.26. The van der Waals surface area contributed by atoms with Gasteiger partial charge in [0.05, 0.1) is 6.61 Å². The molecule has 0 aliphatic carbocycles.